The predicted molar refractivity (Wildman–Crippen MR) is 174 cm³/mol. The number of benzene rings is 1. The van der Waals surface area contributed by atoms with Crippen LogP contribution in [0.25, 0.3) is 22.3 Å². The van der Waals surface area contributed by atoms with Crippen LogP contribution in [-0.4, -0.2) is 85.8 Å². The molecule has 4 heterocycles. The predicted octanol–water partition coefficient (Wildman–Crippen LogP) is 5.61. The molecule has 246 valence electrons. The number of imidazole rings is 1. The summed E-state index contributed by atoms with van der Waals surface area (Å²) in [6, 6.07) is 6.93. The van der Waals surface area contributed by atoms with E-state index in [1.54, 1.807) is 6.07 Å². The van der Waals surface area contributed by atoms with Crippen LogP contribution in [0.15, 0.2) is 30.5 Å². The van der Waals surface area contributed by atoms with Crippen LogP contribution in [-0.2, 0) is 17.7 Å². The lowest BCUT2D eigenvalue weighted by molar-refractivity contribution is 0.0523. The number of fused-ring (bicyclic) bond motifs is 2. The summed E-state index contributed by atoms with van der Waals surface area (Å²) in [5.41, 5.74) is 2.75. The third kappa shape index (κ3) is 7.94. The first-order chi connectivity index (χ1) is 21.8. The first-order valence-corrected chi connectivity index (χ1v) is 15.6. The van der Waals surface area contributed by atoms with Crippen LogP contribution in [0.5, 0.6) is 0 Å². The van der Waals surface area contributed by atoms with Gasteiger partial charge in [0, 0.05) is 63.0 Å². The van der Waals surface area contributed by atoms with Crippen molar-refractivity contribution in [1.29, 1.82) is 0 Å². The fourth-order valence-electron chi connectivity index (χ4n) is 5.62. The topological polar surface area (TPSA) is 113 Å². The Labute approximate surface area is 268 Å². The van der Waals surface area contributed by atoms with Crippen LogP contribution in [0.1, 0.15) is 57.7 Å². The van der Waals surface area contributed by atoms with Crippen molar-refractivity contribution in [3.8, 4) is 11.3 Å². The standard InChI is InChI=1S/C33H43F2N9O2/c1-20(2)44-21(3)38-30-24(34)16-23(17-27(30)44)29-25(35)18-37-31(41-29)40-28-9-8-22-19-43(12-10-26(22)39-28)15-14-42(7)13-11-36-32(45)46-33(4,5)6/h8-9,16-18,20H,10-15,19H2,1-7H3,(H,36,45)(H,37,39,40,41). The SMILES string of the molecule is Cc1nc2c(F)cc(-c3nc(Nc4ccc5c(n4)CCN(CCN(C)CCNC(=O)OC(C)(C)C)C5)ncc3F)cc2n1C(C)C. The second-order valence-electron chi connectivity index (χ2n) is 13.0. The Hall–Kier alpha value is -4.23. The van der Waals surface area contributed by atoms with E-state index in [1.165, 1.54) is 6.07 Å². The summed E-state index contributed by atoms with van der Waals surface area (Å²) in [5, 5.41) is 5.89. The molecule has 13 heteroatoms. The van der Waals surface area contributed by atoms with Gasteiger partial charge in [-0.05, 0) is 72.4 Å². The lowest BCUT2D eigenvalue weighted by atomic mass is 10.1. The lowest BCUT2D eigenvalue weighted by Crippen LogP contribution is -2.40. The van der Waals surface area contributed by atoms with Crippen molar-refractivity contribution in [1.82, 2.24) is 39.6 Å². The second-order valence-corrected chi connectivity index (χ2v) is 13.0. The number of anilines is 2. The zero-order valence-electron chi connectivity index (χ0n) is 27.6. The number of nitrogens with one attached hydrogen (secondary N) is 2. The van der Waals surface area contributed by atoms with Crippen molar-refractivity contribution in [2.75, 3.05) is 45.1 Å². The molecule has 46 heavy (non-hydrogen) atoms. The molecule has 0 saturated carbocycles. The summed E-state index contributed by atoms with van der Waals surface area (Å²) in [5.74, 6) is 0.219. The fraction of sp³-hybridized carbons (Fsp3) is 0.485. The van der Waals surface area contributed by atoms with Gasteiger partial charge in [-0.25, -0.2) is 33.5 Å². The molecule has 1 amide bonds. The number of likely N-dealkylation sites (N-methyl/N-ethyl adjacent to an activating group) is 1. The maximum atomic E-state index is 15.1. The molecule has 1 aliphatic rings. The van der Waals surface area contributed by atoms with Gasteiger partial charge >= 0.3 is 6.09 Å². The number of carbonyl (C=O) groups excluding carboxylic acids is 1. The molecule has 0 atom stereocenters. The first-order valence-electron chi connectivity index (χ1n) is 15.6. The van der Waals surface area contributed by atoms with Gasteiger partial charge in [-0.15, -0.1) is 0 Å². The Morgan fingerprint density at radius 2 is 1.89 bits per heavy atom. The van der Waals surface area contributed by atoms with Crippen molar-refractivity contribution >= 4 is 28.9 Å². The maximum Gasteiger partial charge on any atom is 0.407 e. The van der Waals surface area contributed by atoms with Crippen molar-refractivity contribution < 1.29 is 18.3 Å². The molecule has 4 aromatic rings. The van der Waals surface area contributed by atoms with E-state index in [2.05, 4.69) is 35.4 Å². The minimum Gasteiger partial charge on any atom is -0.444 e. The molecule has 0 radical (unpaired) electrons. The highest BCUT2D eigenvalue weighted by atomic mass is 19.1. The average Bonchev–Trinajstić information content (AvgIpc) is 3.32. The molecule has 1 aliphatic heterocycles. The zero-order chi connectivity index (χ0) is 33.2. The number of ether oxygens (including phenoxy) is 1. The van der Waals surface area contributed by atoms with Gasteiger partial charge in [0.15, 0.2) is 11.6 Å². The number of halogens is 2. The van der Waals surface area contributed by atoms with Gasteiger partial charge in [0.1, 0.15) is 28.5 Å². The fourth-order valence-corrected chi connectivity index (χ4v) is 5.62. The molecule has 3 aromatic heterocycles. The summed E-state index contributed by atoms with van der Waals surface area (Å²) in [4.78, 5) is 34.1. The van der Waals surface area contributed by atoms with Gasteiger partial charge < -0.3 is 24.8 Å². The van der Waals surface area contributed by atoms with Crippen LogP contribution in [0, 0.1) is 18.6 Å². The van der Waals surface area contributed by atoms with E-state index in [1.807, 2.05) is 65.3 Å². The molecule has 0 spiro atoms. The highest BCUT2D eigenvalue weighted by molar-refractivity contribution is 5.83. The van der Waals surface area contributed by atoms with Gasteiger partial charge in [-0.1, -0.05) is 6.07 Å². The van der Waals surface area contributed by atoms with E-state index in [4.69, 9.17) is 9.72 Å². The number of nitrogens with zero attached hydrogens (tertiary/aromatic N) is 7. The van der Waals surface area contributed by atoms with Crippen molar-refractivity contribution in [3.63, 3.8) is 0 Å². The summed E-state index contributed by atoms with van der Waals surface area (Å²) in [7, 11) is 2.04. The molecule has 0 bridgehead atoms. The minimum absolute atomic E-state index is 0.00773. The molecule has 0 saturated heterocycles. The van der Waals surface area contributed by atoms with Crippen molar-refractivity contribution in [3.05, 3.63) is 59.2 Å². The molecule has 0 unspecified atom stereocenters. The Morgan fingerprint density at radius 3 is 2.63 bits per heavy atom. The number of alkyl carbamates (subject to hydrolysis) is 1. The molecule has 0 aliphatic carbocycles. The van der Waals surface area contributed by atoms with Gasteiger partial charge in [0.05, 0.1) is 11.7 Å². The smallest absolute Gasteiger partial charge is 0.407 e. The zero-order valence-corrected chi connectivity index (χ0v) is 27.6. The number of hydrogen-bond acceptors (Lipinski definition) is 9. The molecule has 11 nitrogen and oxygen atoms in total. The number of aromatic nitrogens is 5. The number of amides is 1. The summed E-state index contributed by atoms with van der Waals surface area (Å²) < 4.78 is 37.2. The number of carbonyl (C=O) groups is 1. The van der Waals surface area contributed by atoms with Crippen LogP contribution in [0.3, 0.4) is 0 Å². The average molecular weight is 636 g/mol. The summed E-state index contributed by atoms with van der Waals surface area (Å²) in [6.45, 7) is 16.0. The van der Waals surface area contributed by atoms with Crippen molar-refractivity contribution in [2.45, 2.75) is 66.2 Å². The van der Waals surface area contributed by atoms with Crippen molar-refractivity contribution in [2.24, 2.45) is 0 Å². The third-order valence-corrected chi connectivity index (χ3v) is 7.79. The van der Waals surface area contributed by atoms with Gasteiger partial charge in [0.25, 0.3) is 0 Å². The molecule has 5 rings (SSSR count). The molecule has 2 N–H and O–H groups in total. The highest BCUT2D eigenvalue weighted by Gasteiger charge is 2.21. The largest absolute Gasteiger partial charge is 0.444 e. The second kappa shape index (κ2) is 13.6. The number of hydrogen-bond donors (Lipinski definition) is 2. The molecular weight excluding hydrogens is 592 g/mol. The Bertz CT molecular complexity index is 1720. The normalized spacial score (nSPS) is 13.8. The Balaban J connectivity index is 1.20. The van der Waals surface area contributed by atoms with E-state index in [9.17, 15) is 9.18 Å². The monoisotopic (exact) mass is 635 g/mol. The van der Waals surface area contributed by atoms with Crippen LogP contribution >= 0.6 is 0 Å². The van der Waals surface area contributed by atoms with Gasteiger partial charge in [0.2, 0.25) is 5.95 Å². The lowest BCUT2D eigenvalue weighted by Gasteiger charge is -2.30. The van der Waals surface area contributed by atoms with Gasteiger partial charge in [-0.3, -0.25) is 4.90 Å². The molecular formula is C33H43F2N9O2. The third-order valence-electron chi connectivity index (χ3n) is 7.79. The molecule has 1 aromatic carbocycles. The molecule has 0 fully saturated rings. The minimum atomic E-state index is -0.653. The number of pyridine rings is 1. The Morgan fingerprint density at radius 1 is 1.11 bits per heavy atom. The van der Waals surface area contributed by atoms with E-state index >= 15 is 4.39 Å². The number of rotatable bonds is 10. The first kappa shape index (κ1) is 33.1. The quantitative estimate of drug-likeness (QED) is 0.230. The maximum absolute atomic E-state index is 15.1. The van der Waals surface area contributed by atoms with E-state index in [0.717, 1.165) is 56.6 Å². The van der Waals surface area contributed by atoms with Crippen LogP contribution < -0.4 is 10.6 Å². The van der Waals surface area contributed by atoms with E-state index in [0.29, 0.717) is 29.3 Å². The summed E-state index contributed by atoms with van der Waals surface area (Å²) in [6.07, 6.45) is 1.46. The number of aryl methyl sites for hydroxylation is 1. The van der Waals surface area contributed by atoms with E-state index in [-0.39, 0.29) is 23.2 Å². The Kier molecular flexibility index (Phi) is 9.82. The van der Waals surface area contributed by atoms with E-state index < -0.39 is 23.3 Å². The van der Waals surface area contributed by atoms with Crippen LogP contribution in [0.4, 0.5) is 25.3 Å². The van der Waals surface area contributed by atoms with Gasteiger partial charge in [-0.2, -0.15) is 0 Å². The summed E-state index contributed by atoms with van der Waals surface area (Å²) >= 11 is 0. The van der Waals surface area contributed by atoms with Crippen LogP contribution in [0.2, 0.25) is 0 Å². The highest BCUT2D eigenvalue weighted by Crippen LogP contribution is 2.30.